The largest absolute Gasteiger partial charge is 0.396 e. The summed E-state index contributed by atoms with van der Waals surface area (Å²) in [6.07, 6.45) is 0.384. The maximum absolute atomic E-state index is 9.29. The first-order valence-electron chi connectivity index (χ1n) is 3.69. The summed E-state index contributed by atoms with van der Waals surface area (Å²) in [5.74, 6) is 0.273. The van der Waals surface area contributed by atoms with Crippen molar-refractivity contribution in [2.75, 3.05) is 13.7 Å². The maximum Gasteiger partial charge on any atom is 0.111 e. The molecular weight excluding hydrogens is 130 g/mol. The Morgan fingerprint density at radius 2 is 2.10 bits per heavy atom. The van der Waals surface area contributed by atoms with Gasteiger partial charge < -0.3 is 10.2 Å². The van der Waals surface area contributed by atoms with Gasteiger partial charge in [0.05, 0.1) is 0 Å². The van der Waals surface area contributed by atoms with E-state index in [1.165, 1.54) is 0 Å². The third-order valence-electron chi connectivity index (χ3n) is 2.52. The highest BCUT2D eigenvalue weighted by atomic mass is 16.3. The molecule has 0 radical (unpaired) electrons. The van der Waals surface area contributed by atoms with Gasteiger partial charge in [-0.05, 0) is 20.4 Å². The van der Waals surface area contributed by atoms with Crippen LogP contribution in [0.25, 0.3) is 0 Å². The Morgan fingerprint density at radius 1 is 1.50 bits per heavy atom. The summed E-state index contributed by atoms with van der Waals surface area (Å²) < 4.78 is 0. The first-order chi connectivity index (χ1) is 4.68. The fourth-order valence-electron chi connectivity index (χ4n) is 1.53. The number of rotatable bonds is 2. The van der Waals surface area contributed by atoms with Crippen LogP contribution in [0.3, 0.4) is 0 Å². The fraction of sp³-hybridized carbons (Fsp3) is 1.00. The molecule has 2 N–H and O–H groups in total. The third kappa shape index (κ3) is 1.05. The van der Waals surface area contributed by atoms with Crippen molar-refractivity contribution in [2.24, 2.45) is 5.92 Å². The molecule has 0 aromatic heterocycles. The lowest BCUT2D eigenvalue weighted by atomic mass is 9.86. The number of aliphatic hydroxyl groups is 2. The normalized spacial score (nSPS) is 41.4. The van der Waals surface area contributed by atoms with E-state index in [1.807, 2.05) is 11.9 Å². The molecule has 3 heteroatoms. The third-order valence-corrected chi connectivity index (χ3v) is 2.52. The Labute approximate surface area is 61.3 Å². The zero-order valence-corrected chi connectivity index (χ0v) is 6.49. The molecule has 0 aromatic rings. The summed E-state index contributed by atoms with van der Waals surface area (Å²) in [6.45, 7) is 2.24. The fourth-order valence-corrected chi connectivity index (χ4v) is 1.53. The highest BCUT2D eigenvalue weighted by Gasteiger charge is 2.41. The molecule has 0 aliphatic carbocycles. The molecule has 60 valence electrons. The minimum absolute atomic E-state index is 0.180. The van der Waals surface area contributed by atoms with Crippen LogP contribution >= 0.6 is 0 Å². The smallest absolute Gasteiger partial charge is 0.111 e. The van der Waals surface area contributed by atoms with Gasteiger partial charge in [-0.2, -0.15) is 0 Å². The van der Waals surface area contributed by atoms with Crippen LogP contribution in [0.5, 0.6) is 0 Å². The van der Waals surface area contributed by atoms with Crippen LogP contribution in [0.4, 0.5) is 0 Å². The Hall–Kier alpha value is -0.120. The molecule has 1 aliphatic heterocycles. The van der Waals surface area contributed by atoms with E-state index in [0.717, 1.165) is 0 Å². The monoisotopic (exact) mass is 145 g/mol. The second-order valence-electron chi connectivity index (χ2n) is 3.00. The second kappa shape index (κ2) is 2.86. The average molecular weight is 145 g/mol. The van der Waals surface area contributed by atoms with E-state index in [9.17, 15) is 5.11 Å². The summed E-state index contributed by atoms with van der Waals surface area (Å²) in [7, 11) is 1.89. The van der Waals surface area contributed by atoms with E-state index in [0.29, 0.717) is 12.5 Å². The van der Waals surface area contributed by atoms with Crippen LogP contribution in [0.1, 0.15) is 13.3 Å². The van der Waals surface area contributed by atoms with Crippen molar-refractivity contribution in [3.05, 3.63) is 0 Å². The second-order valence-corrected chi connectivity index (χ2v) is 3.00. The summed E-state index contributed by atoms with van der Waals surface area (Å²) in [5.41, 5.74) is 0. The van der Waals surface area contributed by atoms with E-state index in [2.05, 4.69) is 6.92 Å². The molecule has 3 atom stereocenters. The van der Waals surface area contributed by atoms with Gasteiger partial charge in [0, 0.05) is 18.6 Å². The minimum atomic E-state index is -0.331. The Morgan fingerprint density at radius 3 is 2.50 bits per heavy atom. The highest BCUT2D eigenvalue weighted by molar-refractivity contribution is 4.89. The molecule has 10 heavy (non-hydrogen) atoms. The van der Waals surface area contributed by atoms with Crippen molar-refractivity contribution in [1.29, 1.82) is 0 Å². The lowest BCUT2D eigenvalue weighted by molar-refractivity contribution is -0.159. The molecule has 0 amide bonds. The van der Waals surface area contributed by atoms with Crippen molar-refractivity contribution < 1.29 is 10.2 Å². The topological polar surface area (TPSA) is 43.7 Å². The van der Waals surface area contributed by atoms with Crippen molar-refractivity contribution in [2.45, 2.75) is 25.6 Å². The molecule has 0 bridgehead atoms. The number of hydrogen-bond acceptors (Lipinski definition) is 3. The predicted octanol–water partition coefficient (Wildman–Crippen LogP) is -0.363. The molecule has 1 heterocycles. The first kappa shape index (κ1) is 7.98. The van der Waals surface area contributed by atoms with Crippen LogP contribution < -0.4 is 0 Å². The molecule has 0 saturated carbocycles. The summed E-state index contributed by atoms with van der Waals surface area (Å²) >= 11 is 0. The molecule has 0 spiro atoms. The standard InChI is InChI=1S/C7H15NO2/c1-5-6(3-4-9)7(10)8(5)2/h5-7,9-10H,3-4H2,1-2H3/t5-,6-,7?/m0/s1. The van der Waals surface area contributed by atoms with Crippen LogP contribution in [-0.2, 0) is 0 Å². The van der Waals surface area contributed by atoms with Gasteiger partial charge >= 0.3 is 0 Å². The summed E-state index contributed by atoms with van der Waals surface area (Å²) in [6, 6.07) is 0.419. The van der Waals surface area contributed by atoms with Crippen LogP contribution in [0, 0.1) is 5.92 Å². The van der Waals surface area contributed by atoms with Gasteiger partial charge in [-0.1, -0.05) is 0 Å². The number of nitrogens with zero attached hydrogens (tertiary/aromatic N) is 1. The van der Waals surface area contributed by atoms with E-state index in [4.69, 9.17) is 5.11 Å². The van der Waals surface area contributed by atoms with E-state index >= 15 is 0 Å². The zero-order chi connectivity index (χ0) is 7.72. The molecule has 1 unspecified atom stereocenters. The Bertz CT molecular complexity index is 108. The maximum atomic E-state index is 9.29. The minimum Gasteiger partial charge on any atom is -0.396 e. The van der Waals surface area contributed by atoms with Gasteiger partial charge in [-0.15, -0.1) is 0 Å². The molecule has 1 rings (SSSR count). The van der Waals surface area contributed by atoms with Gasteiger partial charge in [0.25, 0.3) is 0 Å². The van der Waals surface area contributed by atoms with E-state index < -0.39 is 0 Å². The quantitative estimate of drug-likeness (QED) is 0.557. The molecule has 0 aromatic carbocycles. The SMILES string of the molecule is C[C@H]1[C@H](CCO)C(O)N1C. The number of hydrogen-bond donors (Lipinski definition) is 2. The van der Waals surface area contributed by atoms with Gasteiger partial charge in [-0.25, -0.2) is 0 Å². The van der Waals surface area contributed by atoms with Crippen molar-refractivity contribution in [3.8, 4) is 0 Å². The Kier molecular flexibility index (Phi) is 2.28. The summed E-state index contributed by atoms with van der Waals surface area (Å²) in [4.78, 5) is 1.90. The number of aliphatic hydroxyl groups excluding tert-OH is 2. The van der Waals surface area contributed by atoms with Gasteiger partial charge in [0.2, 0.25) is 0 Å². The molecule has 1 fully saturated rings. The molecule has 3 nitrogen and oxygen atoms in total. The molecule has 1 aliphatic rings. The predicted molar refractivity (Wildman–Crippen MR) is 38.4 cm³/mol. The van der Waals surface area contributed by atoms with Crippen molar-refractivity contribution >= 4 is 0 Å². The lowest BCUT2D eigenvalue weighted by Gasteiger charge is -2.49. The number of likely N-dealkylation sites (tertiary alicyclic amines) is 1. The average Bonchev–Trinajstić information content (AvgIpc) is 1.98. The molecule has 1 saturated heterocycles. The van der Waals surface area contributed by atoms with Crippen LogP contribution in [-0.4, -0.2) is 41.0 Å². The van der Waals surface area contributed by atoms with Gasteiger partial charge in [-0.3, -0.25) is 4.90 Å². The first-order valence-corrected chi connectivity index (χ1v) is 3.69. The van der Waals surface area contributed by atoms with E-state index in [-0.39, 0.29) is 18.8 Å². The van der Waals surface area contributed by atoms with Crippen molar-refractivity contribution in [3.63, 3.8) is 0 Å². The van der Waals surface area contributed by atoms with Crippen LogP contribution in [0.15, 0.2) is 0 Å². The molecular formula is C7H15NO2. The van der Waals surface area contributed by atoms with Gasteiger partial charge in [0.1, 0.15) is 6.23 Å². The van der Waals surface area contributed by atoms with E-state index in [1.54, 1.807) is 0 Å². The van der Waals surface area contributed by atoms with Crippen LogP contribution in [0.2, 0.25) is 0 Å². The Balaban J connectivity index is 2.34. The van der Waals surface area contributed by atoms with Crippen molar-refractivity contribution in [1.82, 2.24) is 4.90 Å². The van der Waals surface area contributed by atoms with Gasteiger partial charge in [0.15, 0.2) is 0 Å². The summed E-state index contributed by atoms with van der Waals surface area (Å²) in [5, 5.41) is 17.9. The highest BCUT2D eigenvalue weighted by Crippen LogP contribution is 2.30. The lowest BCUT2D eigenvalue weighted by Crippen LogP contribution is -2.60. The zero-order valence-electron chi connectivity index (χ0n) is 6.49.